The largest absolute Gasteiger partial charge is 0.370 e. The zero-order valence-electron chi connectivity index (χ0n) is 12.3. The van der Waals surface area contributed by atoms with Crippen molar-refractivity contribution in [2.45, 2.75) is 51.5 Å². The minimum atomic E-state index is 0.375. The quantitative estimate of drug-likeness (QED) is 0.884. The van der Waals surface area contributed by atoms with Gasteiger partial charge in [-0.2, -0.15) is 9.97 Å². The highest BCUT2D eigenvalue weighted by Crippen LogP contribution is 2.38. The maximum absolute atomic E-state index is 5.88. The third-order valence-corrected chi connectivity index (χ3v) is 4.59. The fourth-order valence-corrected chi connectivity index (χ4v) is 3.63. The summed E-state index contributed by atoms with van der Waals surface area (Å²) < 4.78 is 0. The number of anilines is 3. The molecule has 0 bridgehead atoms. The van der Waals surface area contributed by atoms with E-state index in [-0.39, 0.29) is 0 Å². The van der Waals surface area contributed by atoms with Gasteiger partial charge in [-0.3, -0.25) is 0 Å². The molecule has 1 aromatic rings. The van der Waals surface area contributed by atoms with Crippen LogP contribution in [0.5, 0.6) is 0 Å². The van der Waals surface area contributed by atoms with Crippen LogP contribution in [0.4, 0.5) is 17.6 Å². The van der Waals surface area contributed by atoms with E-state index in [0.717, 1.165) is 37.1 Å². The van der Waals surface area contributed by atoms with Gasteiger partial charge in [0.1, 0.15) is 11.6 Å². The lowest BCUT2D eigenvalue weighted by molar-refractivity contribution is 0.341. The molecule has 1 aliphatic carbocycles. The van der Waals surface area contributed by atoms with Gasteiger partial charge in [-0.25, -0.2) is 0 Å². The van der Waals surface area contributed by atoms with E-state index in [1.807, 2.05) is 0 Å². The number of nitrogens with zero attached hydrogens (tertiary/aromatic N) is 3. The van der Waals surface area contributed by atoms with Crippen molar-refractivity contribution in [3.63, 3.8) is 0 Å². The molecule has 2 atom stereocenters. The van der Waals surface area contributed by atoms with Crippen LogP contribution in [0, 0.1) is 5.92 Å². The van der Waals surface area contributed by atoms with E-state index in [1.54, 1.807) is 0 Å². The van der Waals surface area contributed by atoms with Gasteiger partial charge in [-0.1, -0.05) is 19.8 Å². The summed E-state index contributed by atoms with van der Waals surface area (Å²) in [6.45, 7) is 4.17. The first-order valence-corrected chi connectivity index (χ1v) is 7.93. The average Bonchev–Trinajstić information content (AvgIpc) is 2.88. The van der Waals surface area contributed by atoms with Gasteiger partial charge in [0.25, 0.3) is 0 Å². The van der Waals surface area contributed by atoms with Gasteiger partial charge in [-0.15, -0.1) is 0 Å². The van der Waals surface area contributed by atoms with Crippen molar-refractivity contribution in [1.29, 1.82) is 0 Å². The van der Waals surface area contributed by atoms with Crippen molar-refractivity contribution in [2.24, 2.45) is 5.92 Å². The van der Waals surface area contributed by atoms with Gasteiger partial charge in [0, 0.05) is 25.2 Å². The van der Waals surface area contributed by atoms with Crippen molar-refractivity contribution in [1.82, 2.24) is 9.97 Å². The summed E-state index contributed by atoms with van der Waals surface area (Å²) in [6, 6.07) is 2.72. The Kier molecular flexibility index (Phi) is 3.94. The van der Waals surface area contributed by atoms with Crippen molar-refractivity contribution in [3.8, 4) is 0 Å². The summed E-state index contributed by atoms with van der Waals surface area (Å²) >= 11 is 0. The third kappa shape index (κ3) is 2.67. The van der Waals surface area contributed by atoms with Crippen LogP contribution in [0.1, 0.15) is 45.4 Å². The molecule has 110 valence electrons. The van der Waals surface area contributed by atoms with E-state index >= 15 is 0 Å². The Morgan fingerprint density at radius 1 is 1.30 bits per heavy atom. The predicted molar refractivity (Wildman–Crippen MR) is 82.9 cm³/mol. The SMILES string of the molecule is CCCNc1cc(N2CCC3CCCCC32)nc(N)n1. The number of hydrogen-bond acceptors (Lipinski definition) is 5. The molecule has 3 N–H and O–H groups in total. The summed E-state index contributed by atoms with van der Waals surface area (Å²) in [4.78, 5) is 11.2. The lowest BCUT2D eigenvalue weighted by Gasteiger charge is -2.32. The van der Waals surface area contributed by atoms with Crippen LogP contribution in [0.2, 0.25) is 0 Å². The van der Waals surface area contributed by atoms with E-state index in [9.17, 15) is 0 Å². The molecule has 1 aromatic heterocycles. The molecule has 1 saturated carbocycles. The molecule has 2 heterocycles. The molecule has 2 fully saturated rings. The predicted octanol–water partition coefficient (Wildman–Crippen LogP) is 2.65. The van der Waals surface area contributed by atoms with E-state index in [2.05, 4.69) is 33.2 Å². The van der Waals surface area contributed by atoms with Crippen molar-refractivity contribution in [2.75, 3.05) is 29.0 Å². The van der Waals surface area contributed by atoms with Gasteiger partial charge in [-0.05, 0) is 31.6 Å². The second-order valence-electron chi connectivity index (χ2n) is 5.99. The van der Waals surface area contributed by atoms with Crippen LogP contribution >= 0.6 is 0 Å². The fourth-order valence-electron chi connectivity index (χ4n) is 3.63. The van der Waals surface area contributed by atoms with E-state index in [1.165, 1.54) is 32.1 Å². The molecule has 1 saturated heterocycles. The third-order valence-electron chi connectivity index (χ3n) is 4.59. The van der Waals surface area contributed by atoms with Crippen molar-refractivity contribution in [3.05, 3.63) is 6.07 Å². The minimum absolute atomic E-state index is 0.375. The average molecular weight is 275 g/mol. The molecule has 1 aliphatic heterocycles. The number of fused-ring (bicyclic) bond motifs is 1. The monoisotopic (exact) mass is 275 g/mol. The molecular formula is C15H25N5. The van der Waals surface area contributed by atoms with Crippen LogP contribution in [-0.4, -0.2) is 29.1 Å². The molecule has 2 aliphatic rings. The Hall–Kier alpha value is -1.52. The molecule has 0 radical (unpaired) electrons. The number of nitrogens with one attached hydrogen (secondary N) is 1. The van der Waals surface area contributed by atoms with Gasteiger partial charge in [0.2, 0.25) is 5.95 Å². The zero-order valence-corrected chi connectivity index (χ0v) is 12.3. The van der Waals surface area contributed by atoms with Gasteiger partial charge >= 0.3 is 0 Å². The maximum atomic E-state index is 5.88. The molecule has 3 rings (SSSR count). The Morgan fingerprint density at radius 2 is 2.15 bits per heavy atom. The van der Waals surface area contributed by atoms with Crippen LogP contribution in [-0.2, 0) is 0 Å². The van der Waals surface area contributed by atoms with E-state index in [0.29, 0.717) is 12.0 Å². The smallest absolute Gasteiger partial charge is 0.223 e. The Morgan fingerprint density at radius 3 is 3.00 bits per heavy atom. The Labute approximate surface area is 121 Å². The number of aromatic nitrogens is 2. The zero-order chi connectivity index (χ0) is 13.9. The lowest BCUT2D eigenvalue weighted by Crippen LogP contribution is -2.35. The summed E-state index contributed by atoms with van der Waals surface area (Å²) in [7, 11) is 0. The molecular weight excluding hydrogens is 250 g/mol. The summed E-state index contributed by atoms with van der Waals surface area (Å²) in [6.07, 6.45) is 7.79. The van der Waals surface area contributed by atoms with Gasteiger partial charge in [0.15, 0.2) is 0 Å². The standard InChI is InChI=1S/C15H25N5/c1-2-8-17-13-10-14(19-15(16)18-13)20-9-7-11-5-3-4-6-12(11)20/h10-12H,2-9H2,1H3,(H3,16,17,18,19). The van der Waals surface area contributed by atoms with Crippen LogP contribution < -0.4 is 16.0 Å². The second-order valence-corrected chi connectivity index (χ2v) is 5.99. The highest BCUT2D eigenvalue weighted by atomic mass is 15.3. The first-order valence-electron chi connectivity index (χ1n) is 7.93. The molecule has 20 heavy (non-hydrogen) atoms. The number of hydrogen-bond donors (Lipinski definition) is 2. The van der Waals surface area contributed by atoms with Crippen LogP contribution in [0.3, 0.4) is 0 Å². The second kappa shape index (κ2) is 5.85. The lowest BCUT2D eigenvalue weighted by atomic mass is 9.85. The van der Waals surface area contributed by atoms with Gasteiger partial charge < -0.3 is 16.0 Å². The maximum Gasteiger partial charge on any atom is 0.223 e. The molecule has 0 amide bonds. The first kappa shape index (κ1) is 13.5. The van der Waals surface area contributed by atoms with Crippen molar-refractivity contribution >= 4 is 17.6 Å². The highest BCUT2D eigenvalue weighted by Gasteiger charge is 2.36. The number of nitrogens with two attached hydrogens (primary N) is 1. The van der Waals surface area contributed by atoms with Crippen LogP contribution in [0.15, 0.2) is 6.07 Å². The molecule has 5 nitrogen and oxygen atoms in total. The van der Waals surface area contributed by atoms with Gasteiger partial charge in [0.05, 0.1) is 0 Å². The summed E-state index contributed by atoms with van der Waals surface area (Å²) in [5.74, 6) is 3.09. The van der Waals surface area contributed by atoms with Crippen molar-refractivity contribution < 1.29 is 0 Å². The molecule has 2 unspecified atom stereocenters. The fraction of sp³-hybridized carbons (Fsp3) is 0.733. The van der Waals surface area contributed by atoms with E-state index in [4.69, 9.17) is 5.73 Å². The molecule has 0 aromatic carbocycles. The number of rotatable bonds is 4. The normalized spacial score (nSPS) is 25.6. The Bertz CT molecular complexity index is 462. The first-order chi connectivity index (χ1) is 9.78. The summed E-state index contributed by atoms with van der Waals surface area (Å²) in [5.41, 5.74) is 5.88. The molecule has 5 heteroatoms. The van der Waals surface area contributed by atoms with E-state index < -0.39 is 0 Å². The minimum Gasteiger partial charge on any atom is -0.370 e. The Balaban J connectivity index is 1.80. The highest BCUT2D eigenvalue weighted by molar-refractivity contribution is 5.54. The summed E-state index contributed by atoms with van der Waals surface area (Å²) in [5, 5.41) is 3.31. The number of nitrogen functional groups attached to an aromatic ring is 1. The molecule has 0 spiro atoms. The van der Waals surface area contributed by atoms with Crippen LogP contribution in [0.25, 0.3) is 0 Å². The topological polar surface area (TPSA) is 67.1 Å².